The van der Waals surface area contributed by atoms with Gasteiger partial charge in [-0.3, -0.25) is 4.79 Å². The number of rotatable bonds is 11. The third-order valence-corrected chi connectivity index (χ3v) is 3.88. The predicted molar refractivity (Wildman–Crippen MR) is 106 cm³/mol. The highest BCUT2D eigenvalue weighted by molar-refractivity contribution is 6.05. The number of hydrogen-bond acceptors (Lipinski definition) is 3. The lowest BCUT2D eigenvalue weighted by Gasteiger charge is -2.12. The van der Waals surface area contributed by atoms with Crippen LogP contribution in [0.2, 0.25) is 0 Å². The number of anilines is 1. The van der Waals surface area contributed by atoms with Gasteiger partial charge in [-0.2, -0.15) is 0 Å². The summed E-state index contributed by atoms with van der Waals surface area (Å²) in [5, 5.41) is 2.88. The molecule has 2 aromatic carbocycles. The van der Waals surface area contributed by atoms with Crippen molar-refractivity contribution in [3.8, 4) is 11.5 Å². The Morgan fingerprint density at radius 1 is 1.04 bits per heavy atom. The van der Waals surface area contributed by atoms with Gasteiger partial charge in [0.2, 0.25) is 0 Å². The number of benzene rings is 2. The molecule has 0 aromatic heterocycles. The van der Waals surface area contributed by atoms with Crippen LogP contribution in [-0.2, 0) is 0 Å². The number of nitrogens with one attached hydrogen (secondary N) is 1. The first-order valence-corrected chi connectivity index (χ1v) is 9.11. The summed E-state index contributed by atoms with van der Waals surface area (Å²) in [5.41, 5.74) is 1.21. The van der Waals surface area contributed by atoms with E-state index in [1.807, 2.05) is 36.4 Å². The van der Waals surface area contributed by atoms with E-state index in [1.54, 1.807) is 18.2 Å². The summed E-state index contributed by atoms with van der Waals surface area (Å²) in [6.07, 6.45) is 6.35. The average molecular weight is 353 g/mol. The Bertz CT molecular complexity index is 695. The molecule has 2 rings (SSSR count). The van der Waals surface area contributed by atoms with Crippen molar-refractivity contribution in [2.75, 3.05) is 18.5 Å². The highest BCUT2D eigenvalue weighted by Crippen LogP contribution is 2.24. The van der Waals surface area contributed by atoms with Crippen molar-refractivity contribution in [3.63, 3.8) is 0 Å². The molecule has 0 radical (unpaired) electrons. The highest BCUT2D eigenvalue weighted by atomic mass is 16.5. The van der Waals surface area contributed by atoms with Crippen molar-refractivity contribution in [1.82, 2.24) is 0 Å². The maximum Gasteiger partial charge on any atom is 0.255 e. The first-order valence-electron chi connectivity index (χ1n) is 9.11. The molecule has 138 valence electrons. The molecule has 0 spiro atoms. The highest BCUT2D eigenvalue weighted by Gasteiger charge is 2.10. The Labute approximate surface area is 155 Å². The van der Waals surface area contributed by atoms with E-state index in [0.29, 0.717) is 30.2 Å². The molecule has 0 bridgehead atoms. The summed E-state index contributed by atoms with van der Waals surface area (Å²) in [6, 6.07) is 14.5. The summed E-state index contributed by atoms with van der Waals surface area (Å²) in [5.74, 6) is 1.22. The van der Waals surface area contributed by atoms with Gasteiger partial charge in [0.25, 0.3) is 5.91 Å². The van der Waals surface area contributed by atoms with Gasteiger partial charge in [-0.15, -0.1) is 0 Å². The number of para-hydroxylation sites is 2. The quantitative estimate of drug-likeness (QED) is 0.431. The summed E-state index contributed by atoms with van der Waals surface area (Å²) in [7, 11) is 0. The van der Waals surface area contributed by atoms with Crippen LogP contribution in [0.4, 0.5) is 5.69 Å². The van der Waals surface area contributed by atoms with E-state index in [9.17, 15) is 4.79 Å². The molecule has 0 aliphatic carbocycles. The van der Waals surface area contributed by atoms with Crippen LogP contribution in [0.25, 0.3) is 0 Å². The second-order valence-electron chi connectivity index (χ2n) is 5.98. The van der Waals surface area contributed by atoms with E-state index in [2.05, 4.69) is 18.8 Å². The molecule has 0 fully saturated rings. The largest absolute Gasteiger partial charge is 0.494 e. The van der Waals surface area contributed by atoms with Gasteiger partial charge in [0.15, 0.2) is 0 Å². The van der Waals surface area contributed by atoms with Crippen molar-refractivity contribution in [1.29, 1.82) is 0 Å². The topological polar surface area (TPSA) is 47.6 Å². The number of unbranched alkanes of at least 4 members (excludes halogenated alkanes) is 3. The standard InChI is InChI=1S/C22H27NO3/c1-3-5-6-9-17-25-19-14-12-18(13-15-19)22(24)23-20-10-7-8-11-21(20)26-16-4-2/h4,7-8,10-15H,2-3,5-6,9,16-17H2,1H3,(H,23,24). The van der Waals surface area contributed by atoms with Gasteiger partial charge in [-0.05, 0) is 42.8 Å². The number of hydrogen-bond donors (Lipinski definition) is 1. The van der Waals surface area contributed by atoms with Crippen LogP contribution in [0, 0.1) is 0 Å². The first kappa shape index (κ1) is 19.6. The fourth-order valence-corrected chi connectivity index (χ4v) is 2.46. The maximum atomic E-state index is 12.5. The average Bonchev–Trinajstić information content (AvgIpc) is 2.67. The van der Waals surface area contributed by atoms with Crippen LogP contribution in [0.3, 0.4) is 0 Å². The van der Waals surface area contributed by atoms with Crippen LogP contribution in [0.1, 0.15) is 43.0 Å². The van der Waals surface area contributed by atoms with E-state index < -0.39 is 0 Å². The Morgan fingerprint density at radius 3 is 2.54 bits per heavy atom. The van der Waals surface area contributed by atoms with Crippen LogP contribution in [0.5, 0.6) is 11.5 Å². The van der Waals surface area contributed by atoms with Crippen LogP contribution in [0.15, 0.2) is 61.2 Å². The second-order valence-corrected chi connectivity index (χ2v) is 5.98. The lowest BCUT2D eigenvalue weighted by atomic mass is 10.2. The number of amides is 1. The van der Waals surface area contributed by atoms with E-state index in [4.69, 9.17) is 9.47 Å². The lowest BCUT2D eigenvalue weighted by Crippen LogP contribution is -2.13. The van der Waals surface area contributed by atoms with Gasteiger partial charge in [0.1, 0.15) is 18.1 Å². The fraction of sp³-hybridized carbons (Fsp3) is 0.318. The van der Waals surface area contributed by atoms with Gasteiger partial charge in [0, 0.05) is 5.56 Å². The van der Waals surface area contributed by atoms with Crippen LogP contribution >= 0.6 is 0 Å². The van der Waals surface area contributed by atoms with Crippen molar-refractivity contribution in [2.24, 2.45) is 0 Å². The summed E-state index contributed by atoms with van der Waals surface area (Å²) < 4.78 is 11.3. The fourth-order valence-electron chi connectivity index (χ4n) is 2.46. The Kier molecular flexibility index (Phi) is 8.27. The minimum atomic E-state index is -0.186. The van der Waals surface area contributed by atoms with Gasteiger partial charge >= 0.3 is 0 Å². The number of carbonyl (C=O) groups is 1. The SMILES string of the molecule is C=CCOc1ccccc1NC(=O)c1ccc(OCCCCCC)cc1. The summed E-state index contributed by atoms with van der Waals surface area (Å²) in [4.78, 5) is 12.5. The Balaban J connectivity index is 1.91. The molecule has 4 heteroatoms. The molecule has 0 saturated carbocycles. The van der Waals surface area contributed by atoms with E-state index >= 15 is 0 Å². The molecule has 4 nitrogen and oxygen atoms in total. The smallest absolute Gasteiger partial charge is 0.255 e. The molecule has 0 saturated heterocycles. The third-order valence-electron chi connectivity index (χ3n) is 3.88. The minimum absolute atomic E-state index is 0.186. The maximum absolute atomic E-state index is 12.5. The van der Waals surface area contributed by atoms with Crippen molar-refractivity contribution in [3.05, 3.63) is 66.7 Å². The van der Waals surface area contributed by atoms with Crippen LogP contribution in [-0.4, -0.2) is 19.1 Å². The van der Waals surface area contributed by atoms with Gasteiger partial charge in [-0.1, -0.05) is 51.0 Å². The molecule has 1 amide bonds. The van der Waals surface area contributed by atoms with E-state index in [0.717, 1.165) is 12.2 Å². The predicted octanol–water partition coefficient (Wildman–Crippen LogP) is 5.46. The summed E-state index contributed by atoms with van der Waals surface area (Å²) >= 11 is 0. The molecule has 2 aromatic rings. The van der Waals surface area contributed by atoms with Crippen LogP contribution < -0.4 is 14.8 Å². The normalized spacial score (nSPS) is 10.2. The Hall–Kier alpha value is -2.75. The zero-order valence-electron chi connectivity index (χ0n) is 15.4. The van der Waals surface area contributed by atoms with Crippen molar-refractivity contribution >= 4 is 11.6 Å². The lowest BCUT2D eigenvalue weighted by molar-refractivity contribution is 0.102. The number of carbonyl (C=O) groups excluding carboxylic acids is 1. The molecule has 0 heterocycles. The minimum Gasteiger partial charge on any atom is -0.494 e. The van der Waals surface area contributed by atoms with Crippen molar-refractivity contribution in [2.45, 2.75) is 32.6 Å². The molecule has 0 unspecified atom stereocenters. The third kappa shape index (κ3) is 6.28. The van der Waals surface area contributed by atoms with E-state index in [-0.39, 0.29) is 5.91 Å². The second kappa shape index (κ2) is 11.0. The zero-order chi connectivity index (χ0) is 18.6. The Morgan fingerprint density at radius 2 is 1.81 bits per heavy atom. The molecule has 1 N–H and O–H groups in total. The molecular formula is C22H27NO3. The summed E-state index contributed by atoms with van der Waals surface area (Å²) in [6.45, 7) is 6.92. The molecule has 26 heavy (non-hydrogen) atoms. The van der Waals surface area contributed by atoms with Gasteiger partial charge in [-0.25, -0.2) is 0 Å². The molecule has 0 aliphatic rings. The first-order chi connectivity index (χ1) is 12.7. The van der Waals surface area contributed by atoms with Gasteiger partial charge in [0.05, 0.1) is 12.3 Å². The van der Waals surface area contributed by atoms with Crippen molar-refractivity contribution < 1.29 is 14.3 Å². The van der Waals surface area contributed by atoms with Gasteiger partial charge < -0.3 is 14.8 Å². The number of ether oxygens (including phenoxy) is 2. The monoisotopic (exact) mass is 353 g/mol. The van der Waals surface area contributed by atoms with E-state index in [1.165, 1.54) is 19.3 Å². The zero-order valence-corrected chi connectivity index (χ0v) is 15.4. The molecule has 0 aliphatic heterocycles. The molecule has 0 atom stereocenters. The molecular weight excluding hydrogens is 326 g/mol.